The SMILES string of the molecule is Cc1csc(=O)n1CCC(=O)N[C@@H](C)[C@H]1CCCO1. The molecule has 106 valence electrons. The highest BCUT2D eigenvalue weighted by Crippen LogP contribution is 2.15. The van der Waals surface area contributed by atoms with E-state index in [9.17, 15) is 9.59 Å². The highest BCUT2D eigenvalue weighted by Gasteiger charge is 2.23. The lowest BCUT2D eigenvalue weighted by molar-refractivity contribution is -0.122. The highest BCUT2D eigenvalue weighted by molar-refractivity contribution is 7.07. The zero-order valence-electron chi connectivity index (χ0n) is 11.3. The predicted octanol–water partition coefficient (Wildman–Crippen LogP) is 1.29. The van der Waals surface area contributed by atoms with Gasteiger partial charge in [0.15, 0.2) is 0 Å². The van der Waals surface area contributed by atoms with Crippen LogP contribution < -0.4 is 10.2 Å². The van der Waals surface area contributed by atoms with Crippen molar-refractivity contribution in [2.24, 2.45) is 0 Å². The van der Waals surface area contributed by atoms with E-state index in [4.69, 9.17) is 4.74 Å². The molecule has 5 nitrogen and oxygen atoms in total. The second-order valence-corrected chi connectivity index (χ2v) is 5.77. The van der Waals surface area contributed by atoms with Gasteiger partial charge in [-0.25, -0.2) is 0 Å². The van der Waals surface area contributed by atoms with Crippen molar-refractivity contribution in [1.29, 1.82) is 0 Å². The van der Waals surface area contributed by atoms with Gasteiger partial charge in [-0.1, -0.05) is 11.3 Å². The van der Waals surface area contributed by atoms with E-state index in [2.05, 4.69) is 5.32 Å². The van der Waals surface area contributed by atoms with Crippen molar-refractivity contribution in [3.05, 3.63) is 20.7 Å². The highest BCUT2D eigenvalue weighted by atomic mass is 32.1. The van der Waals surface area contributed by atoms with Crippen LogP contribution in [0.25, 0.3) is 0 Å². The van der Waals surface area contributed by atoms with Crippen LogP contribution in [0.4, 0.5) is 0 Å². The van der Waals surface area contributed by atoms with Gasteiger partial charge in [-0.15, -0.1) is 0 Å². The van der Waals surface area contributed by atoms with Crippen molar-refractivity contribution in [3.8, 4) is 0 Å². The molecule has 0 spiro atoms. The van der Waals surface area contributed by atoms with Crippen molar-refractivity contribution in [1.82, 2.24) is 9.88 Å². The van der Waals surface area contributed by atoms with Crippen LogP contribution in [0.5, 0.6) is 0 Å². The number of amides is 1. The van der Waals surface area contributed by atoms with Gasteiger partial charge in [0.05, 0.1) is 12.1 Å². The summed E-state index contributed by atoms with van der Waals surface area (Å²) in [5.41, 5.74) is 0.912. The monoisotopic (exact) mass is 284 g/mol. The van der Waals surface area contributed by atoms with Crippen LogP contribution >= 0.6 is 11.3 Å². The molecule has 1 fully saturated rings. The molecule has 0 radical (unpaired) electrons. The van der Waals surface area contributed by atoms with E-state index in [1.54, 1.807) is 4.57 Å². The standard InChI is InChI=1S/C13H20N2O3S/c1-9-8-19-13(17)15(9)6-5-12(16)14-10(2)11-4-3-7-18-11/h8,10-11H,3-7H2,1-2H3,(H,14,16)/t10-,11+/m0/s1. The third kappa shape index (κ3) is 3.67. The van der Waals surface area contributed by atoms with Crippen LogP contribution in [0.15, 0.2) is 10.2 Å². The average Bonchev–Trinajstić information content (AvgIpc) is 2.98. The van der Waals surface area contributed by atoms with Crippen molar-refractivity contribution in [3.63, 3.8) is 0 Å². The topological polar surface area (TPSA) is 60.3 Å². The molecule has 2 atom stereocenters. The minimum absolute atomic E-state index is 0.00234. The molecule has 6 heteroatoms. The second kappa shape index (κ2) is 6.34. The zero-order chi connectivity index (χ0) is 13.8. The number of aryl methyl sites for hydroxylation is 1. The van der Waals surface area contributed by atoms with Crippen LogP contribution in [0.1, 0.15) is 31.9 Å². The molecule has 1 amide bonds. The number of aromatic nitrogens is 1. The summed E-state index contributed by atoms with van der Waals surface area (Å²) in [7, 11) is 0. The van der Waals surface area contributed by atoms with Gasteiger partial charge in [-0.05, 0) is 26.7 Å². The molecular formula is C13H20N2O3S. The maximum atomic E-state index is 11.8. The van der Waals surface area contributed by atoms with E-state index in [1.807, 2.05) is 19.2 Å². The van der Waals surface area contributed by atoms with Gasteiger partial charge in [-0.2, -0.15) is 0 Å². The van der Waals surface area contributed by atoms with Gasteiger partial charge in [-0.3, -0.25) is 9.59 Å². The Morgan fingerprint density at radius 3 is 3.05 bits per heavy atom. The van der Waals surface area contributed by atoms with Gasteiger partial charge in [0.2, 0.25) is 5.91 Å². The second-order valence-electron chi connectivity index (χ2n) is 4.95. The first-order chi connectivity index (χ1) is 9.08. The Hall–Kier alpha value is -1.14. The number of nitrogens with zero attached hydrogens (tertiary/aromatic N) is 1. The maximum absolute atomic E-state index is 11.8. The molecule has 1 aromatic rings. The molecule has 0 bridgehead atoms. The van der Waals surface area contributed by atoms with Crippen LogP contribution in [0.2, 0.25) is 0 Å². The van der Waals surface area contributed by atoms with Crippen LogP contribution in [-0.4, -0.2) is 29.2 Å². The summed E-state index contributed by atoms with van der Waals surface area (Å²) in [6.45, 7) is 5.08. The third-order valence-electron chi connectivity index (χ3n) is 3.45. The molecule has 1 saturated heterocycles. The van der Waals surface area contributed by atoms with Gasteiger partial charge < -0.3 is 14.6 Å². The summed E-state index contributed by atoms with van der Waals surface area (Å²) >= 11 is 1.17. The maximum Gasteiger partial charge on any atom is 0.307 e. The van der Waals surface area contributed by atoms with E-state index < -0.39 is 0 Å². The molecule has 2 rings (SSSR count). The molecule has 0 aliphatic carbocycles. The van der Waals surface area contributed by atoms with Gasteiger partial charge in [0, 0.05) is 30.6 Å². The quantitative estimate of drug-likeness (QED) is 0.886. The largest absolute Gasteiger partial charge is 0.376 e. The Kier molecular flexibility index (Phi) is 4.76. The summed E-state index contributed by atoms with van der Waals surface area (Å²) in [4.78, 5) is 23.4. The summed E-state index contributed by atoms with van der Waals surface area (Å²) in [5, 5.41) is 4.76. The molecule has 1 aliphatic rings. The molecule has 0 aromatic carbocycles. The van der Waals surface area contributed by atoms with Crippen LogP contribution in [0.3, 0.4) is 0 Å². The molecule has 0 saturated carbocycles. The number of ether oxygens (including phenoxy) is 1. The Bertz CT molecular complexity index is 488. The Morgan fingerprint density at radius 2 is 2.47 bits per heavy atom. The normalized spacial score (nSPS) is 20.4. The molecule has 1 aromatic heterocycles. The van der Waals surface area contributed by atoms with E-state index in [0.717, 1.165) is 25.1 Å². The lowest BCUT2D eigenvalue weighted by Crippen LogP contribution is -2.41. The van der Waals surface area contributed by atoms with E-state index in [-0.39, 0.29) is 22.9 Å². The molecule has 0 unspecified atom stereocenters. The van der Waals surface area contributed by atoms with E-state index >= 15 is 0 Å². The minimum Gasteiger partial charge on any atom is -0.376 e. The number of nitrogens with one attached hydrogen (secondary N) is 1. The predicted molar refractivity (Wildman–Crippen MR) is 74.5 cm³/mol. The van der Waals surface area contributed by atoms with Gasteiger partial charge >= 0.3 is 4.87 Å². The first-order valence-electron chi connectivity index (χ1n) is 6.64. The van der Waals surface area contributed by atoms with Crippen molar-refractivity contribution in [2.75, 3.05) is 6.61 Å². The van der Waals surface area contributed by atoms with Crippen molar-refractivity contribution >= 4 is 17.2 Å². The van der Waals surface area contributed by atoms with Crippen molar-refractivity contribution < 1.29 is 9.53 Å². The molecular weight excluding hydrogens is 264 g/mol. The number of carbonyl (C=O) groups is 1. The summed E-state index contributed by atoms with van der Waals surface area (Å²) in [6, 6.07) is 0.0373. The number of rotatable bonds is 5. The number of hydrogen-bond donors (Lipinski definition) is 1. The van der Waals surface area contributed by atoms with E-state index in [0.29, 0.717) is 13.0 Å². The summed E-state index contributed by atoms with van der Waals surface area (Å²) < 4.78 is 7.18. The first kappa shape index (κ1) is 14.3. The Balaban J connectivity index is 1.80. The zero-order valence-corrected chi connectivity index (χ0v) is 12.2. The molecule has 2 heterocycles. The van der Waals surface area contributed by atoms with Crippen molar-refractivity contribution in [2.45, 2.75) is 51.8 Å². The fraction of sp³-hybridized carbons (Fsp3) is 0.692. The smallest absolute Gasteiger partial charge is 0.307 e. The summed E-state index contributed by atoms with van der Waals surface area (Å²) in [5.74, 6) is -0.0273. The van der Waals surface area contributed by atoms with Crippen LogP contribution in [-0.2, 0) is 16.1 Å². The Labute approximate surface area is 116 Å². The molecule has 1 aliphatic heterocycles. The first-order valence-corrected chi connectivity index (χ1v) is 7.52. The summed E-state index contributed by atoms with van der Waals surface area (Å²) in [6.07, 6.45) is 2.53. The minimum atomic E-state index is -0.0273. The lowest BCUT2D eigenvalue weighted by atomic mass is 10.1. The van der Waals surface area contributed by atoms with Gasteiger partial charge in [0.1, 0.15) is 0 Å². The average molecular weight is 284 g/mol. The number of hydrogen-bond acceptors (Lipinski definition) is 4. The third-order valence-corrected chi connectivity index (χ3v) is 4.33. The fourth-order valence-electron chi connectivity index (χ4n) is 2.30. The molecule has 19 heavy (non-hydrogen) atoms. The number of thiazole rings is 1. The number of carbonyl (C=O) groups excluding carboxylic acids is 1. The lowest BCUT2D eigenvalue weighted by Gasteiger charge is -2.20. The van der Waals surface area contributed by atoms with Gasteiger partial charge in [0.25, 0.3) is 0 Å². The fourth-order valence-corrected chi connectivity index (χ4v) is 3.06. The van der Waals surface area contributed by atoms with Crippen LogP contribution in [0, 0.1) is 6.92 Å². The Morgan fingerprint density at radius 1 is 1.68 bits per heavy atom. The molecule has 1 N–H and O–H groups in total. The van der Waals surface area contributed by atoms with E-state index in [1.165, 1.54) is 11.3 Å².